The second kappa shape index (κ2) is 6.86. The monoisotopic (exact) mass is 275 g/mol. The van der Waals surface area contributed by atoms with Gasteiger partial charge in [-0.25, -0.2) is 0 Å². The third-order valence-electron chi connectivity index (χ3n) is 4.07. The summed E-state index contributed by atoms with van der Waals surface area (Å²) in [5.74, 6) is 0.190. The fourth-order valence-electron chi connectivity index (χ4n) is 2.63. The van der Waals surface area contributed by atoms with Crippen LogP contribution in [0.15, 0.2) is 30.3 Å². The molecule has 20 heavy (non-hydrogen) atoms. The number of piperazine rings is 1. The van der Waals surface area contributed by atoms with Crippen LogP contribution in [0.25, 0.3) is 0 Å². The Morgan fingerprint density at radius 2 is 2.15 bits per heavy atom. The van der Waals surface area contributed by atoms with E-state index in [0.29, 0.717) is 12.6 Å². The quantitative estimate of drug-likeness (QED) is 0.904. The molecule has 4 nitrogen and oxygen atoms in total. The summed E-state index contributed by atoms with van der Waals surface area (Å²) in [6.45, 7) is 7.61. The number of hydrogen-bond acceptors (Lipinski definition) is 3. The summed E-state index contributed by atoms with van der Waals surface area (Å²) < 4.78 is 0. The lowest BCUT2D eigenvalue weighted by molar-refractivity contribution is -0.133. The Morgan fingerprint density at radius 3 is 2.80 bits per heavy atom. The number of rotatable bonds is 4. The van der Waals surface area contributed by atoms with E-state index in [0.717, 1.165) is 19.6 Å². The molecule has 2 unspecified atom stereocenters. The van der Waals surface area contributed by atoms with Gasteiger partial charge in [0.2, 0.25) is 5.91 Å². The van der Waals surface area contributed by atoms with Crippen LogP contribution in [0, 0.1) is 0 Å². The van der Waals surface area contributed by atoms with Crippen molar-refractivity contribution in [1.82, 2.24) is 15.1 Å². The molecule has 0 spiro atoms. The SMILES string of the molecule is CC1CN(CC(=O)N(C)C(C)c2ccccc2)CCN1. The predicted octanol–water partition coefficient (Wildman–Crippen LogP) is 1.50. The zero-order valence-corrected chi connectivity index (χ0v) is 12.7. The van der Waals surface area contributed by atoms with E-state index in [1.54, 1.807) is 0 Å². The van der Waals surface area contributed by atoms with Crippen LogP contribution in [0.2, 0.25) is 0 Å². The molecule has 1 fully saturated rings. The van der Waals surface area contributed by atoms with Crippen molar-refractivity contribution in [2.75, 3.05) is 33.2 Å². The first-order valence-corrected chi connectivity index (χ1v) is 7.34. The standard InChI is InChI=1S/C16H25N3O/c1-13-11-19(10-9-17-13)12-16(20)18(3)14(2)15-7-5-4-6-8-15/h4-8,13-14,17H,9-12H2,1-3H3. The summed E-state index contributed by atoms with van der Waals surface area (Å²) in [6.07, 6.45) is 0. The summed E-state index contributed by atoms with van der Waals surface area (Å²) in [5, 5.41) is 3.40. The molecule has 1 heterocycles. The van der Waals surface area contributed by atoms with Gasteiger partial charge in [-0.1, -0.05) is 30.3 Å². The number of benzene rings is 1. The largest absolute Gasteiger partial charge is 0.338 e. The Bertz CT molecular complexity index is 435. The highest BCUT2D eigenvalue weighted by atomic mass is 16.2. The highest BCUT2D eigenvalue weighted by Crippen LogP contribution is 2.18. The molecule has 1 N–H and O–H groups in total. The highest BCUT2D eigenvalue weighted by Gasteiger charge is 2.22. The molecule has 1 aromatic carbocycles. The highest BCUT2D eigenvalue weighted by molar-refractivity contribution is 5.78. The van der Waals surface area contributed by atoms with Gasteiger partial charge in [-0.15, -0.1) is 0 Å². The summed E-state index contributed by atoms with van der Waals surface area (Å²) in [6, 6.07) is 10.8. The molecule has 2 atom stereocenters. The van der Waals surface area contributed by atoms with E-state index in [9.17, 15) is 4.79 Å². The minimum atomic E-state index is 0.115. The normalized spacial score (nSPS) is 21.4. The number of nitrogens with zero attached hydrogens (tertiary/aromatic N) is 2. The third-order valence-corrected chi connectivity index (χ3v) is 4.07. The fraction of sp³-hybridized carbons (Fsp3) is 0.562. The molecule has 0 radical (unpaired) electrons. The summed E-state index contributed by atoms with van der Waals surface area (Å²) >= 11 is 0. The van der Waals surface area contributed by atoms with E-state index >= 15 is 0 Å². The number of amides is 1. The Balaban J connectivity index is 1.91. The van der Waals surface area contributed by atoms with Gasteiger partial charge >= 0.3 is 0 Å². The maximum Gasteiger partial charge on any atom is 0.236 e. The minimum Gasteiger partial charge on any atom is -0.338 e. The molecular formula is C16H25N3O. The zero-order chi connectivity index (χ0) is 14.5. The van der Waals surface area contributed by atoms with E-state index in [2.05, 4.69) is 36.2 Å². The lowest BCUT2D eigenvalue weighted by Gasteiger charge is -2.33. The van der Waals surface area contributed by atoms with Crippen molar-refractivity contribution in [2.24, 2.45) is 0 Å². The van der Waals surface area contributed by atoms with Crippen molar-refractivity contribution in [3.63, 3.8) is 0 Å². The van der Waals surface area contributed by atoms with Gasteiger partial charge in [0.25, 0.3) is 0 Å². The maximum atomic E-state index is 12.4. The van der Waals surface area contributed by atoms with Gasteiger partial charge in [-0.3, -0.25) is 9.69 Å². The molecule has 0 saturated carbocycles. The van der Waals surface area contributed by atoms with Gasteiger partial charge in [0.15, 0.2) is 0 Å². The molecule has 1 aliphatic heterocycles. The van der Waals surface area contributed by atoms with Crippen LogP contribution < -0.4 is 5.32 Å². The van der Waals surface area contributed by atoms with Crippen LogP contribution in [-0.4, -0.2) is 55.0 Å². The predicted molar refractivity (Wildman–Crippen MR) is 81.5 cm³/mol. The average molecular weight is 275 g/mol. The number of carbonyl (C=O) groups is 1. The van der Waals surface area contributed by atoms with Gasteiger partial charge in [-0.05, 0) is 19.4 Å². The third kappa shape index (κ3) is 3.81. The van der Waals surface area contributed by atoms with Crippen molar-refractivity contribution in [2.45, 2.75) is 25.9 Å². The minimum absolute atomic E-state index is 0.115. The van der Waals surface area contributed by atoms with Gasteiger partial charge in [0.1, 0.15) is 0 Å². The van der Waals surface area contributed by atoms with E-state index in [4.69, 9.17) is 0 Å². The average Bonchev–Trinajstić information content (AvgIpc) is 2.46. The molecule has 2 rings (SSSR count). The first-order chi connectivity index (χ1) is 9.58. The van der Waals surface area contributed by atoms with Crippen molar-refractivity contribution in [1.29, 1.82) is 0 Å². The molecule has 110 valence electrons. The van der Waals surface area contributed by atoms with Crippen LogP contribution >= 0.6 is 0 Å². The van der Waals surface area contributed by atoms with E-state index in [1.165, 1.54) is 5.56 Å². The van der Waals surface area contributed by atoms with Crippen LogP contribution in [0.1, 0.15) is 25.5 Å². The number of carbonyl (C=O) groups excluding carboxylic acids is 1. The Kier molecular flexibility index (Phi) is 5.15. The van der Waals surface area contributed by atoms with E-state index in [-0.39, 0.29) is 11.9 Å². The van der Waals surface area contributed by atoms with Crippen molar-refractivity contribution < 1.29 is 4.79 Å². The molecule has 1 saturated heterocycles. The first kappa shape index (κ1) is 15.0. The van der Waals surface area contributed by atoms with Crippen molar-refractivity contribution >= 4 is 5.91 Å². The molecule has 1 amide bonds. The summed E-state index contributed by atoms with van der Waals surface area (Å²) in [5.41, 5.74) is 1.18. The molecule has 0 aliphatic carbocycles. The number of hydrogen-bond donors (Lipinski definition) is 1. The first-order valence-electron chi connectivity index (χ1n) is 7.34. The van der Waals surface area contributed by atoms with Crippen LogP contribution in [-0.2, 0) is 4.79 Å². The molecule has 0 bridgehead atoms. The second-order valence-electron chi connectivity index (χ2n) is 5.68. The topological polar surface area (TPSA) is 35.6 Å². The molecule has 4 heteroatoms. The summed E-state index contributed by atoms with van der Waals surface area (Å²) in [4.78, 5) is 16.5. The maximum absolute atomic E-state index is 12.4. The zero-order valence-electron chi connectivity index (χ0n) is 12.7. The van der Waals surface area contributed by atoms with Crippen LogP contribution in [0.5, 0.6) is 0 Å². The second-order valence-corrected chi connectivity index (χ2v) is 5.68. The Labute approximate surface area is 121 Å². The number of likely N-dealkylation sites (N-methyl/N-ethyl adjacent to an activating group) is 1. The van der Waals surface area contributed by atoms with Crippen LogP contribution in [0.3, 0.4) is 0 Å². The molecule has 0 aromatic heterocycles. The van der Waals surface area contributed by atoms with Gasteiger partial charge in [0, 0.05) is 32.7 Å². The Morgan fingerprint density at radius 1 is 1.45 bits per heavy atom. The lowest BCUT2D eigenvalue weighted by atomic mass is 10.1. The van der Waals surface area contributed by atoms with Crippen molar-refractivity contribution in [3.8, 4) is 0 Å². The number of nitrogens with one attached hydrogen (secondary N) is 1. The van der Waals surface area contributed by atoms with Crippen molar-refractivity contribution in [3.05, 3.63) is 35.9 Å². The molecular weight excluding hydrogens is 250 g/mol. The lowest BCUT2D eigenvalue weighted by Crippen LogP contribution is -2.52. The molecule has 1 aromatic rings. The van der Waals surface area contributed by atoms with E-state index < -0.39 is 0 Å². The van der Waals surface area contributed by atoms with Gasteiger partial charge in [-0.2, -0.15) is 0 Å². The van der Waals surface area contributed by atoms with E-state index in [1.807, 2.05) is 30.1 Å². The van der Waals surface area contributed by atoms with Gasteiger partial charge in [0.05, 0.1) is 12.6 Å². The van der Waals surface area contributed by atoms with Gasteiger partial charge < -0.3 is 10.2 Å². The van der Waals surface area contributed by atoms with Crippen LogP contribution in [0.4, 0.5) is 0 Å². The molecule has 1 aliphatic rings. The Hall–Kier alpha value is -1.39. The fourth-order valence-corrected chi connectivity index (χ4v) is 2.63. The summed E-state index contributed by atoms with van der Waals surface area (Å²) in [7, 11) is 1.89. The smallest absolute Gasteiger partial charge is 0.236 e.